The van der Waals surface area contributed by atoms with Gasteiger partial charge < -0.3 is 14.7 Å². The first kappa shape index (κ1) is 16.8. The molecular weight excluding hydrogens is 326 g/mol. The maximum Gasteiger partial charge on any atom is 0.243 e. The van der Waals surface area contributed by atoms with Crippen molar-refractivity contribution >= 4 is 34.5 Å². The van der Waals surface area contributed by atoms with Crippen molar-refractivity contribution < 1.29 is 14.1 Å². The number of carbonyl (C=O) groups is 2. The first-order valence-corrected chi connectivity index (χ1v) is 9.26. The fourth-order valence-corrected chi connectivity index (χ4v) is 3.84. The van der Waals surface area contributed by atoms with Gasteiger partial charge in [0.25, 0.3) is 0 Å². The summed E-state index contributed by atoms with van der Waals surface area (Å²) in [4.78, 5) is 26.7. The van der Waals surface area contributed by atoms with Crippen LogP contribution in [0.15, 0.2) is 28.8 Å². The largest absolute Gasteiger partial charge is 0.356 e. The van der Waals surface area contributed by atoms with Crippen LogP contribution >= 0.6 is 11.8 Å². The molecule has 1 aliphatic rings. The highest BCUT2D eigenvalue weighted by atomic mass is 32.2. The van der Waals surface area contributed by atoms with Gasteiger partial charge in [-0.25, -0.2) is 0 Å². The minimum Gasteiger partial charge on any atom is -0.356 e. The van der Waals surface area contributed by atoms with E-state index in [0.717, 1.165) is 11.8 Å². The molecule has 1 aliphatic heterocycles. The second kappa shape index (κ2) is 7.25. The third-order valence-electron chi connectivity index (χ3n) is 4.28. The molecule has 0 spiro atoms. The summed E-state index contributed by atoms with van der Waals surface area (Å²) in [7, 11) is 0. The smallest absolute Gasteiger partial charge is 0.243 e. The lowest BCUT2D eigenvalue weighted by Crippen LogP contribution is -2.49. The van der Waals surface area contributed by atoms with E-state index in [0.29, 0.717) is 22.9 Å². The molecule has 2 aromatic rings. The number of nitrogens with zero attached hydrogens (tertiary/aromatic N) is 2. The van der Waals surface area contributed by atoms with Crippen LogP contribution in [0.1, 0.15) is 26.0 Å². The van der Waals surface area contributed by atoms with Crippen LogP contribution < -0.4 is 5.32 Å². The van der Waals surface area contributed by atoms with E-state index >= 15 is 0 Å². The normalized spacial score (nSPS) is 18.8. The Kier molecular flexibility index (Phi) is 5.08. The van der Waals surface area contributed by atoms with Crippen molar-refractivity contribution in [2.45, 2.75) is 38.8 Å². The lowest BCUT2D eigenvalue weighted by atomic mass is 10.1. The molecule has 0 saturated carbocycles. The molecule has 0 unspecified atom stereocenters. The Morgan fingerprint density at radius 3 is 3.04 bits per heavy atom. The van der Waals surface area contributed by atoms with Crippen molar-refractivity contribution in [2.24, 2.45) is 0 Å². The van der Waals surface area contributed by atoms with Crippen molar-refractivity contribution in [1.29, 1.82) is 0 Å². The molecule has 2 heterocycles. The molecule has 2 atom stereocenters. The third kappa shape index (κ3) is 3.40. The van der Waals surface area contributed by atoms with Gasteiger partial charge in [0.15, 0.2) is 5.58 Å². The zero-order chi connectivity index (χ0) is 17.1. The van der Waals surface area contributed by atoms with Gasteiger partial charge in [-0.1, -0.05) is 24.2 Å². The van der Waals surface area contributed by atoms with E-state index in [4.69, 9.17) is 4.52 Å². The van der Waals surface area contributed by atoms with Gasteiger partial charge in [0, 0.05) is 17.2 Å². The van der Waals surface area contributed by atoms with Gasteiger partial charge in [0.1, 0.15) is 11.7 Å². The predicted molar refractivity (Wildman–Crippen MR) is 93.6 cm³/mol. The Morgan fingerprint density at radius 2 is 2.25 bits per heavy atom. The molecule has 0 bridgehead atoms. The van der Waals surface area contributed by atoms with Crippen LogP contribution in [-0.4, -0.2) is 45.6 Å². The average molecular weight is 347 g/mol. The Bertz CT molecular complexity index is 746. The predicted octanol–water partition coefficient (Wildman–Crippen LogP) is 2.19. The molecule has 1 saturated heterocycles. The van der Waals surface area contributed by atoms with Crippen LogP contribution in [0.5, 0.6) is 0 Å². The van der Waals surface area contributed by atoms with E-state index in [1.165, 1.54) is 0 Å². The highest BCUT2D eigenvalue weighted by Crippen LogP contribution is 2.24. The molecule has 2 amide bonds. The van der Waals surface area contributed by atoms with Crippen LogP contribution in [0.4, 0.5) is 0 Å². The molecule has 24 heavy (non-hydrogen) atoms. The lowest BCUT2D eigenvalue weighted by molar-refractivity contribution is -0.137. The van der Waals surface area contributed by atoms with E-state index in [1.54, 1.807) is 16.7 Å². The highest BCUT2D eigenvalue weighted by Gasteiger charge is 2.35. The number of fused-ring (bicyclic) bond motifs is 1. The summed E-state index contributed by atoms with van der Waals surface area (Å²) < 4.78 is 5.25. The minimum absolute atomic E-state index is 0.0762. The summed E-state index contributed by atoms with van der Waals surface area (Å²) in [6.07, 6.45) is 1.01. The van der Waals surface area contributed by atoms with Gasteiger partial charge >= 0.3 is 0 Å². The van der Waals surface area contributed by atoms with Gasteiger partial charge in [0.2, 0.25) is 11.8 Å². The standard InChI is InChI=1S/C17H21N3O3S/c1-3-11(2)18-17(22)14-9-24-10-20(14)16(21)8-13-12-6-4-5-7-15(12)23-19-13/h4-7,11,14H,3,8-10H2,1-2H3,(H,18,22)/t11-,14-/m1/s1. The number of benzene rings is 1. The summed E-state index contributed by atoms with van der Waals surface area (Å²) in [6, 6.07) is 7.17. The van der Waals surface area contributed by atoms with E-state index in [2.05, 4.69) is 10.5 Å². The summed E-state index contributed by atoms with van der Waals surface area (Å²) in [5.74, 6) is 0.997. The quantitative estimate of drug-likeness (QED) is 0.897. The zero-order valence-corrected chi connectivity index (χ0v) is 14.6. The number of hydrogen-bond acceptors (Lipinski definition) is 5. The van der Waals surface area contributed by atoms with E-state index < -0.39 is 6.04 Å². The molecule has 0 radical (unpaired) electrons. The lowest BCUT2D eigenvalue weighted by Gasteiger charge is -2.24. The topological polar surface area (TPSA) is 75.4 Å². The maximum absolute atomic E-state index is 12.7. The second-order valence-electron chi connectivity index (χ2n) is 6.00. The number of rotatable bonds is 5. The van der Waals surface area contributed by atoms with Crippen LogP contribution in [0.3, 0.4) is 0 Å². The molecule has 0 aliphatic carbocycles. The number of para-hydroxylation sites is 1. The van der Waals surface area contributed by atoms with Gasteiger partial charge in [-0.2, -0.15) is 0 Å². The number of carbonyl (C=O) groups excluding carboxylic acids is 2. The molecule has 1 N–H and O–H groups in total. The number of hydrogen-bond donors (Lipinski definition) is 1. The fourth-order valence-electron chi connectivity index (χ4n) is 2.66. The maximum atomic E-state index is 12.7. The first-order valence-electron chi connectivity index (χ1n) is 8.11. The molecule has 3 rings (SSSR count). The van der Waals surface area contributed by atoms with E-state index in [9.17, 15) is 9.59 Å². The van der Waals surface area contributed by atoms with Crippen LogP contribution in [-0.2, 0) is 16.0 Å². The zero-order valence-electron chi connectivity index (χ0n) is 13.8. The Morgan fingerprint density at radius 1 is 1.46 bits per heavy atom. The molecule has 1 aromatic carbocycles. The number of aromatic nitrogens is 1. The Hall–Kier alpha value is -2.02. The molecule has 6 nitrogen and oxygen atoms in total. The molecule has 128 valence electrons. The van der Waals surface area contributed by atoms with Crippen molar-refractivity contribution in [1.82, 2.24) is 15.4 Å². The Balaban J connectivity index is 1.70. The van der Waals surface area contributed by atoms with E-state index in [-0.39, 0.29) is 24.3 Å². The van der Waals surface area contributed by atoms with Crippen LogP contribution in [0.2, 0.25) is 0 Å². The number of nitrogens with one attached hydrogen (secondary N) is 1. The van der Waals surface area contributed by atoms with Crippen molar-refractivity contribution in [2.75, 3.05) is 11.6 Å². The summed E-state index contributed by atoms with van der Waals surface area (Å²) in [6.45, 7) is 3.99. The summed E-state index contributed by atoms with van der Waals surface area (Å²) in [5, 5.41) is 7.82. The summed E-state index contributed by atoms with van der Waals surface area (Å²) in [5.41, 5.74) is 1.29. The van der Waals surface area contributed by atoms with Crippen LogP contribution in [0.25, 0.3) is 11.0 Å². The molecule has 1 aromatic heterocycles. The highest BCUT2D eigenvalue weighted by molar-refractivity contribution is 7.99. The average Bonchev–Trinajstić information content (AvgIpc) is 3.22. The van der Waals surface area contributed by atoms with Gasteiger partial charge in [0.05, 0.1) is 12.3 Å². The van der Waals surface area contributed by atoms with Crippen molar-refractivity contribution in [3.63, 3.8) is 0 Å². The summed E-state index contributed by atoms with van der Waals surface area (Å²) >= 11 is 1.60. The van der Waals surface area contributed by atoms with E-state index in [1.807, 2.05) is 38.1 Å². The van der Waals surface area contributed by atoms with Gasteiger partial charge in [-0.15, -0.1) is 11.8 Å². The second-order valence-corrected chi connectivity index (χ2v) is 7.00. The van der Waals surface area contributed by atoms with Crippen LogP contribution in [0, 0.1) is 0 Å². The molecular formula is C17H21N3O3S. The number of amides is 2. The monoisotopic (exact) mass is 347 g/mol. The number of thioether (sulfide) groups is 1. The first-order chi connectivity index (χ1) is 11.6. The Labute approximate surface area is 144 Å². The van der Waals surface area contributed by atoms with Crippen molar-refractivity contribution in [3.05, 3.63) is 30.0 Å². The molecule has 1 fully saturated rings. The fraction of sp³-hybridized carbons (Fsp3) is 0.471. The minimum atomic E-state index is -0.408. The van der Waals surface area contributed by atoms with Gasteiger partial charge in [-0.05, 0) is 25.5 Å². The molecule has 7 heteroatoms. The van der Waals surface area contributed by atoms with Crippen molar-refractivity contribution in [3.8, 4) is 0 Å². The SMILES string of the molecule is CC[C@@H](C)NC(=O)[C@H]1CSCN1C(=O)Cc1noc2ccccc12. The van der Waals surface area contributed by atoms with Gasteiger partial charge in [-0.3, -0.25) is 9.59 Å². The third-order valence-corrected chi connectivity index (χ3v) is 5.29.